The van der Waals surface area contributed by atoms with Gasteiger partial charge in [0.05, 0.1) is 0 Å². The Morgan fingerprint density at radius 3 is 0.789 bits per heavy atom. The highest BCUT2D eigenvalue weighted by molar-refractivity contribution is 7.67. The van der Waals surface area contributed by atoms with Crippen molar-refractivity contribution in [2.75, 3.05) is 0 Å². The third kappa shape index (κ3) is 6.60. The summed E-state index contributed by atoms with van der Waals surface area (Å²) < 4.78 is 0. The molecule has 0 amide bonds. The van der Waals surface area contributed by atoms with Crippen LogP contribution in [0.2, 0.25) is 0 Å². The standard InChI is InChI=1S/C36H52P2/c1-5-13-31(14-6-1)37(32-15-7-2-8-16-32)35-25-21-29(22-26-35)30-23-27-36(28-24-30)38(33-17-9-3-10-18-33)34-19-11-4-12-20-34/h21-28,31-34H,1-20H2. The highest BCUT2D eigenvalue weighted by Gasteiger charge is 2.33. The van der Waals surface area contributed by atoms with Crippen molar-refractivity contribution >= 4 is 26.5 Å². The van der Waals surface area contributed by atoms with Crippen molar-refractivity contribution in [1.29, 1.82) is 0 Å². The summed E-state index contributed by atoms with van der Waals surface area (Å²) in [4.78, 5) is 0. The van der Waals surface area contributed by atoms with Crippen LogP contribution in [0.5, 0.6) is 0 Å². The van der Waals surface area contributed by atoms with E-state index < -0.39 is 0 Å². The Balaban J connectivity index is 1.20. The zero-order chi connectivity index (χ0) is 25.6. The van der Waals surface area contributed by atoms with E-state index in [-0.39, 0.29) is 15.8 Å². The zero-order valence-corrected chi connectivity index (χ0v) is 25.8. The lowest BCUT2D eigenvalue weighted by atomic mass is 9.99. The van der Waals surface area contributed by atoms with E-state index in [2.05, 4.69) is 48.5 Å². The summed E-state index contributed by atoms with van der Waals surface area (Å²) in [6.07, 6.45) is 29.7. The van der Waals surface area contributed by atoms with Gasteiger partial charge in [-0.05, 0) is 95.7 Å². The van der Waals surface area contributed by atoms with Gasteiger partial charge in [0.1, 0.15) is 0 Å². The van der Waals surface area contributed by atoms with Crippen LogP contribution >= 0.6 is 15.8 Å². The van der Waals surface area contributed by atoms with Gasteiger partial charge in [-0.25, -0.2) is 0 Å². The first-order valence-electron chi connectivity index (χ1n) is 16.6. The number of hydrogen-bond acceptors (Lipinski definition) is 0. The molecule has 0 N–H and O–H groups in total. The molecule has 4 aliphatic carbocycles. The summed E-state index contributed by atoms with van der Waals surface area (Å²) in [5.74, 6) is 0. The molecule has 6 rings (SSSR count). The molecule has 2 aromatic carbocycles. The number of rotatable bonds is 7. The molecule has 38 heavy (non-hydrogen) atoms. The smallest absolute Gasteiger partial charge is 0.0166 e. The van der Waals surface area contributed by atoms with Gasteiger partial charge in [0, 0.05) is 0 Å². The van der Waals surface area contributed by atoms with Gasteiger partial charge in [-0.1, -0.05) is 141 Å². The molecule has 0 spiro atoms. The molecule has 206 valence electrons. The van der Waals surface area contributed by atoms with Gasteiger partial charge in [0.15, 0.2) is 0 Å². The molecule has 0 aromatic heterocycles. The van der Waals surface area contributed by atoms with E-state index in [0.717, 1.165) is 22.6 Å². The molecule has 0 aliphatic heterocycles. The summed E-state index contributed by atoms with van der Waals surface area (Å²) in [5, 5.41) is 3.44. The van der Waals surface area contributed by atoms with E-state index in [1.165, 1.54) is 140 Å². The van der Waals surface area contributed by atoms with Crippen LogP contribution < -0.4 is 10.6 Å². The molecule has 4 aliphatic rings. The van der Waals surface area contributed by atoms with Crippen LogP contribution in [0.25, 0.3) is 11.1 Å². The quantitative estimate of drug-likeness (QED) is 0.303. The minimum Gasteiger partial charge on any atom is -0.0690 e. The third-order valence-electron chi connectivity index (χ3n) is 10.5. The average Bonchev–Trinajstić information content (AvgIpc) is 3.00. The maximum atomic E-state index is 2.56. The van der Waals surface area contributed by atoms with Gasteiger partial charge in [0.25, 0.3) is 0 Å². The Labute approximate surface area is 236 Å². The van der Waals surface area contributed by atoms with E-state index in [1.54, 1.807) is 10.6 Å². The Morgan fingerprint density at radius 1 is 0.316 bits per heavy atom. The van der Waals surface area contributed by atoms with E-state index in [1.807, 2.05) is 0 Å². The molecule has 0 heterocycles. The lowest BCUT2D eigenvalue weighted by molar-refractivity contribution is 0.487. The molecule has 2 heteroatoms. The fourth-order valence-electron chi connectivity index (χ4n) is 8.53. The van der Waals surface area contributed by atoms with E-state index in [0.29, 0.717) is 0 Å². The fraction of sp³-hybridized carbons (Fsp3) is 0.667. The minimum absolute atomic E-state index is 0.000186. The average molecular weight is 547 g/mol. The van der Waals surface area contributed by atoms with Crippen LogP contribution in [0.3, 0.4) is 0 Å². The molecule has 2 aromatic rings. The predicted octanol–water partition coefficient (Wildman–Crippen LogP) is 10.9. The third-order valence-corrected chi connectivity index (χ3v) is 17.5. The van der Waals surface area contributed by atoms with Gasteiger partial charge in [0.2, 0.25) is 0 Å². The Kier molecular flexibility index (Phi) is 9.96. The topological polar surface area (TPSA) is 0 Å². The molecule has 0 saturated heterocycles. The van der Waals surface area contributed by atoms with Gasteiger partial charge < -0.3 is 0 Å². The van der Waals surface area contributed by atoms with Gasteiger partial charge in [-0.2, -0.15) is 0 Å². The molecular formula is C36H52P2. The van der Waals surface area contributed by atoms with Crippen LogP contribution in [0, 0.1) is 0 Å². The summed E-state index contributed by atoms with van der Waals surface area (Å²) in [6, 6.07) is 20.2. The Hall–Kier alpha value is -0.700. The first kappa shape index (κ1) is 27.5. The van der Waals surface area contributed by atoms with Crippen molar-refractivity contribution in [3.05, 3.63) is 48.5 Å². The number of benzene rings is 2. The van der Waals surface area contributed by atoms with Crippen molar-refractivity contribution in [1.82, 2.24) is 0 Å². The summed E-state index contributed by atoms with van der Waals surface area (Å²) in [5.41, 5.74) is 6.83. The number of hydrogen-bond donors (Lipinski definition) is 0. The monoisotopic (exact) mass is 546 g/mol. The highest BCUT2D eigenvalue weighted by Crippen LogP contribution is 2.56. The minimum atomic E-state index is 0.000186. The zero-order valence-electron chi connectivity index (χ0n) is 24.0. The molecule has 0 unspecified atom stereocenters. The van der Waals surface area contributed by atoms with Crippen LogP contribution in [0.4, 0.5) is 0 Å². The molecule has 0 atom stereocenters. The predicted molar refractivity (Wildman–Crippen MR) is 172 cm³/mol. The lowest BCUT2D eigenvalue weighted by Gasteiger charge is -2.39. The van der Waals surface area contributed by atoms with Crippen LogP contribution in [0.1, 0.15) is 128 Å². The molecule has 0 nitrogen and oxygen atoms in total. The van der Waals surface area contributed by atoms with Crippen LogP contribution in [0.15, 0.2) is 48.5 Å². The Morgan fingerprint density at radius 2 is 0.553 bits per heavy atom. The van der Waals surface area contributed by atoms with Crippen molar-refractivity contribution in [2.24, 2.45) is 0 Å². The molecular weight excluding hydrogens is 494 g/mol. The second kappa shape index (κ2) is 13.8. The van der Waals surface area contributed by atoms with Gasteiger partial charge in [-0.15, -0.1) is 0 Å². The maximum absolute atomic E-state index is 2.56. The van der Waals surface area contributed by atoms with Crippen molar-refractivity contribution < 1.29 is 0 Å². The van der Waals surface area contributed by atoms with E-state index >= 15 is 0 Å². The summed E-state index contributed by atoms with van der Waals surface area (Å²) in [6.45, 7) is 0. The van der Waals surface area contributed by atoms with Gasteiger partial charge >= 0.3 is 0 Å². The van der Waals surface area contributed by atoms with Crippen molar-refractivity contribution in [3.8, 4) is 11.1 Å². The molecule has 4 saturated carbocycles. The fourth-order valence-corrected chi connectivity index (χ4v) is 16.1. The largest absolute Gasteiger partial charge is 0.0690 e. The van der Waals surface area contributed by atoms with Gasteiger partial charge in [-0.3, -0.25) is 0 Å². The normalized spacial score (nSPS) is 23.3. The van der Waals surface area contributed by atoms with Crippen LogP contribution in [-0.4, -0.2) is 22.6 Å². The van der Waals surface area contributed by atoms with E-state index in [4.69, 9.17) is 0 Å². The second-order valence-corrected chi connectivity index (χ2v) is 18.7. The first-order chi connectivity index (χ1) is 18.9. The maximum Gasteiger partial charge on any atom is -0.0166 e. The first-order valence-corrected chi connectivity index (χ1v) is 19.6. The highest BCUT2D eigenvalue weighted by atomic mass is 31.1. The molecule has 0 bridgehead atoms. The lowest BCUT2D eigenvalue weighted by Crippen LogP contribution is -2.26. The van der Waals surface area contributed by atoms with E-state index in [9.17, 15) is 0 Å². The Bertz CT molecular complexity index is 838. The van der Waals surface area contributed by atoms with Crippen molar-refractivity contribution in [2.45, 2.75) is 151 Å². The molecule has 4 fully saturated rings. The SMILES string of the molecule is c1cc(P(C2CCCCC2)C2CCCCC2)ccc1-c1ccc(P(C2CCCCC2)C2CCCCC2)cc1. The van der Waals surface area contributed by atoms with Crippen molar-refractivity contribution in [3.63, 3.8) is 0 Å². The molecule has 0 radical (unpaired) electrons. The summed E-state index contributed by atoms with van der Waals surface area (Å²) >= 11 is 0. The second-order valence-electron chi connectivity index (χ2n) is 13.1. The summed E-state index contributed by atoms with van der Waals surface area (Å²) in [7, 11) is 0.000372. The van der Waals surface area contributed by atoms with Crippen LogP contribution in [-0.2, 0) is 0 Å².